The second-order valence-corrected chi connectivity index (χ2v) is 7.25. The van der Waals surface area contributed by atoms with E-state index >= 15 is 0 Å². The van der Waals surface area contributed by atoms with Gasteiger partial charge in [0.2, 0.25) is 0 Å². The Hall–Kier alpha value is -3.13. The Morgan fingerprint density at radius 2 is 1.83 bits per heavy atom. The molecule has 0 spiro atoms. The highest BCUT2D eigenvalue weighted by Crippen LogP contribution is 2.19. The van der Waals surface area contributed by atoms with E-state index in [1.807, 2.05) is 26.0 Å². The average molecular weight is 410 g/mol. The number of rotatable bonds is 8. The van der Waals surface area contributed by atoms with Crippen LogP contribution < -0.4 is 5.32 Å². The van der Waals surface area contributed by atoms with Gasteiger partial charge >= 0.3 is 0 Å². The van der Waals surface area contributed by atoms with Crippen molar-refractivity contribution in [3.05, 3.63) is 71.5 Å². The number of nitrogens with one attached hydrogen (secondary N) is 2. The topological polar surface area (TPSA) is 91.0 Å². The third kappa shape index (κ3) is 5.45. The molecule has 150 valence electrons. The lowest BCUT2D eigenvalue weighted by Gasteiger charge is -2.19. The van der Waals surface area contributed by atoms with Gasteiger partial charge in [0, 0.05) is 35.7 Å². The highest BCUT2D eigenvalue weighted by Gasteiger charge is 2.13. The molecule has 2 amide bonds. The van der Waals surface area contributed by atoms with Crippen LogP contribution in [-0.2, 0) is 5.75 Å². The molecule has 0 aliphatic carbocycles. The van der Waals surface area contributed by atoms with E-state index < -0.39 is 0 Å². The molecule has 1 aromatic heterocycles. The van der Waals surface area contributed by atoms with Crippen LogP contribution >= 0.6 is 11.8 Å². The maximum absolute atomic E-state index is 12.6. The fraction of sp³-hybridized carbons (Fsp3) is 0.238. The minimum atomic E-state index is -0.216. The molecule has 0 aliphatic rings. The van der Waals surface area contributed by atoms with E-state index in [0.717, 1.165) is 16.5 Å². The molecule has 0 unspecified atom stereocenters. The summed E-state index contributed by atoms with van der Waals surface area (Å²) in [6, 6.07) is 14.4. The Bertz CT molecular complexity index is 953. The number of carbonyl (C=O) groups is 2. The van der Waals surface area contributed by atoms with Gasteiger partial charge in [0.05, 0.1) is 0 Å². The highest BCUT2D eigenvalue weighted by molar-refractivity contribution is 7.98. The van der Waals surface area contributed by atoms with E-state index in [1.54, 1.807) is 53.1 Å². The minimum absolute atomic E-state index is 0.0419. The molecule has 0 atom stereocenters. The SMILES string of the molecule is CCN(CC)C(=O)c1cccc(NC(=O)c2ccc(CSc3ncn[nH]3)cc2)c1. The number of aromatic amines is 1. The molecule has 0 bridgehead atoms. The summed E-state index contributed by atoms with van der Waals surface area (Å²) in [7, 11) is 0. The maximum atomic E-state index is 12.6. The number of amides is 2. The third-order valence-electron chi connectivity index (χ3n) is 4.40. The minimum Gasteiger partial charge on any atom is -0.339 e. The predicted octanol–water partition coefficient (Wildman–Crippen LogP) is 3.83. The summed E-state index contributed by atoms with van der Waals surface area (Å²) < 4.78 is 0. The van der Waals surface area contributed by atoms with Gasteiger partial charge in [-0.05, 0) is 49.7 Å². The Morgan fingerprint density at radius 1 is 1.07 bits per heavy atom. The molecule has 0 radical (unpaired) electrons. The molecule has 0 saturated heterocycles. The lowest BCUT2D eigenvalue weighted by Crippen LogP contribution is -2.30. The zero-order valence-corrected chi connectivity index (χ0v) is 17.2. The van der Waals surface area contributed by atoms with E-state index in [4.69, 9.17) is 0 Å². The monoisotopic (exact) mass is 409 g/mol. The quantitative estimate of drug-likeness (QED) is 0.552. The van der Waals surface area contributed by atoms with Crippen molar-refractivity contribution in [2.24, 2.45) is 0 Å². The number of anilines is 1. The number of H-pyrrole nitrogens is 1. The fourth-order valence-corrected chi connectivity index (χ4v) is 3.53. The normalized spacial score (nSPS) is 10.6. The summed E-state index contributed by atoms with van der Waals surface area (Å²) in [4.78, 5) is 30.9. The van der Waals surface area contributed by atoms with Crippen molar-refractivity contribution >= 4 is 29.3 Å². The van der Waals surface area contributed by atoms with Gasteiger partial charge in [-0.15, -0.1) is 0 Å². The van der Waals surface area contributed by atoms with Gasteiger partial charge in [-0.2, -0.15) is 5.10 Å². The fourth-order valence-electron chi connectivity index (χ4n) is 2.79. The van der Waals surface area contributed by atoms with Gasteiger partial charge in [0.1, 0.15) is 6.33 Å². The number of thioether (sulfide) groups is 1. The Morgan fingerprint density at radius 3 is 2.48 bits per heavy atom. The van der Waals surface area contributed by atoms with Crippen molar-refractivity contribution in [1.29, 1.82) is 0 Å². The number of hydrogen-bond donors (Lipinski definition) is 2. The maximum Gasteiger partial charge on any atom is 0.255 e. The summed E-state index contributed by atoms with van der Waals surface area (Å²) in [5.74, 6) is 0.471. The van der Waals surface area contributed by atoms with Gasteiger partial charge in [0.25, 0.3) is 11.8 Å². The number of aromatic nitrogens is 3. The van der Waals surface area contributed by atoms with Crippen LogP contribution in [-0.4, -0.2) is 45.0 Å². The van der Waals surface area contributed by atoms with Crippen LogP contribution in [0.3, 0.4) is 0 Å². The average Bonchev–Trinajstić information content (AvgIpc) is 3.27. The summed E-state index contributed by atoms with van der Waals surface area (Å²) in [6.07, 6.45) is 1.47. The zero-order chi connectivity index (χ0) is 20.6. The first-order valence-corrected chi connectivity index (χ1v) is 10.4. The van der Waals surface area contributed by atoms with E-state index in [9.17, 15) is 9.59 Å². The smallest absolute Gasteiger partial charge is 0.255 e. The van der Waals surface area contributed by atoms with Crippen LogP contribution in [0.5, 0.6) is 0 Å². The molecule has 7 nitrogen and oxygen atoms in total. The summed E-state index contributed by atoms with van der Waals surface area (Å²) in [5, 5.41) is 10.2. The Kier molecular flexibility index (Phi) is 7.02. The van der Waals surface area contributed by atoms with Crippen molar-refractivity contribution in [3.8, 4) is 0 Å². The van der Waals surface area contributed by atoms with Crippen molar-refractivity contribution < 1.29 is 9.59 Å². The molecule has 1 heterocycles. The highest BCUT2D eigenvalue weighted by atomic mass is 32.2. The van der Waals surface area contributed by atoms with E-state index in [2.05, 4.69) is 20.5 Å². The van der Waals surface area contributed by atoms with Crippen LogP contribution in [0.1, 0.15) is 40.1 Å². The first-order valence-electron chi connectivity index (χ1n) is 9.38. The van der Waals surface area contributed by atoms with Crippen LogP contribution in [0, 0.1) is 0 Å². The second kappa shape index (κ2) is 9.88. The molecular formula is C21H23N5O2S. The molecular weight excluding hydrogens is 386 g/mol. The standard InChI is InChI=1S/C21H23N5O2S/c1-3-26(4-2)20(28)17-6-5-7-18(12-17)24-19(27)16-10-8-15(9-11-16)13-29-21-22-14-23-25-21/h5-12,14H,3-4,13H2,1-2H3,(H,24,27)(H,22,23,25). The van der Waals surface area contributed by atoms with Gasteiger partial charge in [0.15, 0.2) is 5.16 Å². The molecule has 29 heavy (non-hydrogen) atoms. The molecule has 0 fully saturated rings. The van der Waals surface area contributed by atoms with Crippen molar-refractivity contribution in [1.82, 2.24) is 20.1 Å². The van der Waals surface area contributed by atoms with Crippen LogP contribution in [0.4, 0.5) is 5.69 Å². The first kappa shape index (κ1) is 20.6. The van der Waals surface area contributed by atoms with Gasteiger partial charge in [-0.25, -0.2) is 4.98 Å². The van der Waals surface area contributed by atoms with Gasteiger partial charge in [-0.3, -0.25) is 14.7 Å². The number of benzene rings is 2. The predicted molar refractivity (Wildman–Crippen MR) is 114 cm³/mol. The van der Waals surface area contributed by atoms with E-state index in [1.165, 1.54) is 6.33 Å². The number of hydrogen-bond acceptors (Lipinski definition) is 5. The Labute approximate surface area is 173 Å². The molecule has 2 N–H and O–H groups in total. The van der Waals surface area contributed by atoms with Crippen molar-refractivity contribution in [3.63, 3.8) is 0 Å². The van der Waals surface area contributed by atoms with Crippen molar-refractivity contribution in [2.45, 2.75) is 24.8 Å². The molecule has 0 saturated carbocycles. The lowest BCUT2D eigenvalue weighted by atomic mass is 10.1. The lowest BCUT2D eigenvalue weighted by molar-refractivity contribution is 0.0772. The summed E-state index contributed by atoms with van der Waals surface area (Å²) in [6.45, 7) is 5.18. The second-order valence-electron chi connectivity index (χ2n) is 6.29. The largest absolute Gasteiger partial charge is 0.339 e. The first-order chi connectivity index (χ1) is 14.1. The molecule has 2 aromatic carbocycles. The van der Waals surface area contributed by atoms with Gasteiger partial charge < -0.3 is 10.2 Å². The number of carbonyl (C=O) groups excluding carboxylic acids is 2. The third-order valence-corrected chi connectivity index (χ3v) is 5.35. The van der Waals surface area contributed by atoms with Gasteiger partial charge in [-0.1, -0.05) is 30.0 Å². The number of nitrogens with zero attached hydrogens (tertiary/aromatic N) is 3. The zero-order valence-electron chi connectivity index (χ0n) is 16.4. The molecule has 8 heteroatoms. The Balaban J connectivity index is 1.62. The van der Waals surface area contributed by atoms with Crippen LogP contribution in [0.25, 0.3) is 0 Å². The molecule has 3 aromatic rings. The van der Waals surface area contributed by atoms with Crippen LogP contribution in [0.2, 0.25) is 0 Å². The van der Waals surface area contributed by atoms with E-state index in [-0.39, 0.29) is 11.8 Å². The molecule has 3 rings (SSSR count). The summed E-state index contributed by atoms with van der Waals surface area (Å²) in [5.41, 5.74) is 2.79. The van der Waals surface area contributed by atoms with Crippen LogP contribution in [0.15, 0.2) is 60.0 Å². The van der Waals surface area contributed by atoms with Crippen molar-refractivity contribution in [2.75, 3.05) is 18.4 Å². The summed E-state index contributed by atoms with van der Waals surface area (Å²) >= 11 is 1.54. The van der Waals surface area contributed by atoms with E-state index in [0.29, 0.717) is 29.9 Å². The molecule has 0 aliphatic heterocycles.